The molecule has 73 valence electrons. The van der Waals surface area contributed by atoms with Gasteiger partial charge in [-0.2, -0.15) is 0 Å². The molecule has 0 aliphatic rings. The molecule has 0 amide bonds. The Kier molecular flexibility index (Phi) is 4.48. The zero-order valence-corrected chi connectivity index (χ0v) is 11.9. The van der Waals surface area contributed by atoms with E-state index in [4.69, 9.17) is 0 Å². The monoisotopic (exact) mass is 228 g/mol. The molecule has 0 N–H and O–H groups in total. The third-order valence-electron chi connectivity index (χ3n) is 2.13. The molecule has 0 atom stereocenters. The Morgan fingerprint density at radius 1 is 1.47 bits per heavy atom. The van der Waals surface area contributed by atoms with Crippen molar-refractivity contribution in [1.82, 2.24) is 9.55 Å². The fourth-order valence-electron chi connectivity index (χ4n) is 1.52. The van der Waals surface area contributed by atoms with Crippen LogP contribution in [0.3, 0.4) is 0 Å². The quantitative estimate of drug-likeness (QED) is 0.664. The summed E-state index contributed by atoms with van der Waals surface area (Å²) in [5.41, 5.74) is 1.64. The van der Waals surface area contributed by atoms with Crippen molar-refractivity contribution in [3.8, 4) is 0 Å². The molecule has 1 radical (unpaired) electrons. The number of carboxylic acid groups (broad SMARTS) is 1. The predicted molar refractivity (Wildman–Crippen MR) is 55.2 cm³/mol. The largest absolute Gasteiger partial charge is 0.548 e. The molecule has 0 saturated carbocycles. The summed E-state index contributed by atoms with van der Waals surface area (Å²) in [7, 11) is 0. The van der Waals surface area contributed by atoms with Gasteiger partial charge in [0, 0.05) is 51.4 Å². The van der Waals surface area contributed by atoms with Crippen LogP contribution in [0, 0.1) is 6.92 Å². The standard InChI is InChI=1S/C10H10N2O2.K/c1-7-11-8-4-2-3-5-9(8)12(7)6-10(13)14;/h2-5H,6H2,1H3,(H,13,14);/p-1. The molecule has 1 aromatic heterocycles. The van der Waals surface area contributed by atoms with Gasteiger partial charge in [0.1, 0.15) is 5.82 Å². The van der Waals surface area contributed by atoms with E-state index in [2.05, 4.69) is 4.98 Å². The zero-order chi connectivity index (χ0) is 10.1. The van der Waals surface area contributed by atoms with Crippen molar-refractivity contribution < 1.29 is 9.90 Å². The van der Waals surface area contributed by atoms with Crippen LogP contribution in [0.15, 0.2) is 24.3 Å². The normalized spacial score (nSPS) is 9.93. The van der Waals surface area contributed by atoms with Crippen LogP contribution in [-0.4, -0.2) is 66.9 Å². The third kappa shape index (κ3) is 2.67. The van der Waals surface area contributed by atoms with Crippen molar-refractivity contribution in [2.24, 2.45) is 0 Å². The number of para-hydroxylation sites is 2. The Bertz CT molecular complexity index is 493. The molecule has 2 rings (SSSR count). The molecule has 0 saturated heterocycles. The van der Waals surface area contributed by atoms with Crippen molar-refractivity contribution >= 4 is 68.4 Å². The van der Waals surface area contributed by atoms with Gasteiger partial charge in [-0.25, -0.2) is 4.98 Å². The van der Waals surface area contributed by atoms with E-state index < -0.39 is 5.97 Å². The Morgan fingerprint density at radius 3 is 2.80 bits per heavy atom. The van der Waals surface area contributed by atoms with Gasteiger partial charge in [0.05, 0.1) is 23.5 Å². The van der Waals surface area contributed by atoms with Crippen LogP contribution in [0.25, 0.3) is 11.0 Å². The minimum Gasteiger partial charge on any atom is -0.548 e. The number of nitrogens with zero attached hydrogens (tertiary/aromatic N) is 2. The van der Waals surface area contributed by atoms with Crippen LogP contribution >= 0.6 is 0 Å². The number of hydrogen-bond donors (Lipinski definition) is 0. The number of aliphatic carboxylic acids is 1. The van der Waals surface area contributed by atoms with Crippen LogP contribution < -0.4 is 5.11 Å². The molecule has 0 bridgehead atoms. The summed E-state index contributed by atoms with van der Waals surface area (Å²) in [4.78, 5) is 14.7. The first kappa shape index (κ1) is 12.9. The number of hydrogen-bond acceptors (Lipinski definition) is 3. The molecule has 1 heterocycles. The molecular formula is C10H9KN2O2-. The predicted octanol–water partition coefficient (Wildman–Crippen LogP) is -0.286. The number of rotatable bonds is 2. The van der Waals surface area contributed by atoms with E-state index in [1.807, 2.05) is 24.3 Å². The number of benzene rings is 1. The van der Waals surface area contributed by atoms with E-state index >= 15 is 0 Å². The average Bonchev–Trinajstić information content (AvgIpc) is 2.43. The number of carbonyl (C=O) groups excluding carboxylic acids is 1. The van der Waals surface area contributed by atoms with Crippen molar-refractivity contribution in [1.29, 1.82) is 0 Å². The van der Waals surface area contributed by atoms with Gasteiger partial charge in [-0.3, -0.25) is 0 Å². The Balaban J connectivity index is 0.00000112. The second-order valence-electron chi connectivity index (χ2n) is 3.11. The molecule has 0 unspecified atom stereocenters. The Hall–Kier alpha value is -0.204. The summed E-state index contributed by atoms with van der Waals surface area (Å²) < 4.78 is 1.63. The molecule has 1 aromatic carbocycles. The van der Waals surface area contributed by atoms with Gasteiger partial charge in [-0.1, -0.05) is 12.1 Å². The first-order valence-corrected chi connectivity index (χ1v) is 4.30. The van der Waals surface area contributed by atoms with Crippen LogP contribution in [0.1, 0.15) is 5.82 Å². The van der Waals surface area contributed by atoms with Gasteiger partial charge in [0.25, 0.3) is 0 Å². The molecule has 2 aromatic rings. The molecular weight excluding hydrogens is 219 g/mol. The summed E-state index contributed by atoms with van der Waals surface area (Å²) in [6.07, 6.45) is 0. The van der Waals surface area contributed by atoms with Gasteiger partial charge >= 0.3 is 0 Å². The van der Waals surface area contributed by atoms with Crippen LogP contribution in [0.4, 0.5) is 0 Å². The number of carboxylic acids is 1. The summed E-state index contributed by atoms with van der Waals surface area (Å²) >= 11 is 0. The number of aryl methyl sites for hydroxylation is 1. The first-order chi connectivity index (χ1) is 6.68. The Morgan fingerprint density at radius 2 is 2.13 bits per heavy atom. The maximum absolute atomic E-state index is 10.5. The smallest absolute Gasteiger partial charge is 0.107 e. The van der Waals surface area contributed by atoms with Crippen molar-refractivity contribution in [2.75, 3.05) is 0 Å². The maximum Gasteiger partial charge on any atom is 0.107 e. The molecule has 5 heteroatoms. The van der Waals surface area contributed by atoms with E-state index in [1.165, 1.54) is 0 Å². The fraction of sp³-hybridized carbons (Fsp3) is 0.200. The van der Waals surface area contributed by atoms with Crippen molar-refractivity contribution in [2.45, 2.75) is 13.5 Å². The number of aromatic nitrogens is 2. The Labute approximate surface area is 130 Å². The number of imidazole rings is 1. The minimum atomic E-state index is -1.10. The fourth-order valence-corrected chi connectivity index (χ4v) is 1.52. The summed E-state index contributed by atoms with van der Waals surface area (Å²) in [5.74, 6) is -0.411. The average molecular weight is 228 g/mol. The minimum absolute atomic E-state index is 0. The molecule has 4 nitrogen and oxygen atoms in total. The van der Waals surface area contributed by atoms with E-state index in [0.717, 1.165) is 11.0 Å². The maximum atomic E-state index is 10.5. The summed E-state index contributed by atoms with van der Waals surface area (Å²) in [6, 6.07) is 7.43. The number of fused-ring (bicyclic) bond motifs is 1. The van der Waals surface area contributed by atoms with Gasteiger partial charge in [-0.15, -0.1) is 0 Å². The van der Waals surface area contributed by atoms with Gasteiger partial charge < -0.3 is 14.5 Å². The summed E-state index contributed by atoms with van der Waals surface area (Å²) in [5, 5.41) is 10.5. The van der Waals surface area contributed by atoms with Gasteiger partial charge in [0.15, 0.2) is 0 Å². The SMILES string of the molecule is Cc1nc2ccccc2n1CC(=O)[O-].[K]. The van der Waals surface area contributed by atoms with Crippen LogP contribution in [0.5, 0.6) is 0 Å². The third-order valence-corrected chi connectivity index (χ3v) is 2.13. The molecule has 0 fully saturated rings. The summed E-state index contributed by atoms with van der Waals surface area (Å²) in [6.45, 7) is 1.63. The van der Waals surface area contributed by atoms with Gasteiger partial charge in [-0.05, 0) is 19.1 Å². The van der Waals surface area contributed by atoms with Crippen LogP contribution in [0.2, 0.25) is 0 Å². The van der Waals surface area contributed by atoms with Gasteiger partial charge in [0.2, 0.25) is 0 Å². The van der Waals surface area contributed by atoms with E-state index in [1.54, 1.807) is 11.5 Å². The first-order valence-electron chi connectivity index (χ1n) is 4.30. The second-order valence-corrected chi connectivity index (χ2v) is 3.11. The molecule has 15 heavy (non-hydrogen) atoms. The molecule has 0 aliphatic carbocycles. The molecule has 0 aliphatic heterocycles. The second kappa shape index (κ2) is 5.22. The van der Waals surface area contributed by atoms with Crippen LogP contribution in [-0.2, 0) is 11.3 Å². The number of carbonyl (C=O) groups is 1. The van der Waals surface area contributed by atoms with E-state index in [9.17, 15) is 9.90 Å². The van der Waals surface area contributed by atoms with Crippen molar-refractivity contribution in [3.63, 3.8) is 0 Å². The van der Waals surface area contributed by atoms with E-state index in [0.29, 0.717) is 5.82 Å². The zero-order valence-electron chi connectivity index (χ0n) is 8.73. The van der Waals surface area contributed by atoms with Crippen molar-refractivity contribution in [3.05, 3.63) is 30.1 Å². The van der Waals surface area contributed by atoms with E-state index in [-0.39, 0.29) is 57.9 Å². The topological polar surface area (TPSA) is 58.0 Å². The molecule has 0 spiro atoms.